The SMILES string of the molecule is O=COc1ccccc1Oc1ccc(NC(=O)C2(c3ccc(-c4cn[nH]c4)cc3)CCNCC2)cc1. The fraction of sp³-hybridized carbons (Fsp3) is 0.179. The van der Waals surface area contributed by atoms with Crippen LogP contribution in [0.3, 0.4) is 0 Å². The second-order valence-corrected chi connectivity index (χ2v) is 8.64. The Morgan fingerprint density at radius 3 is 2.31 bits per heavy atom. The van der Waals surface area contributed by atoms with Crippen LogP contribution in [0.5, 0.6) is 17.2 Å². The fourth-order valence-electron chi connectivity index (χ4n) is 4.56. The summed E-state index contributed by atoms with van der Waals surface area (Å²) in [6, 6.07) is 22.2. The minimum atomic E-state index is -0.625. The van der Waals surface area contributed by atoms with Gasteiger partial charge in [0.25, 0.3) is 6.47 Å². The van der Waals surface area contributed by atoms with Gasteiger partial charge in [-0.2, -0.15) is 5.10 Å². The normalized spacial score (nSPS) is 14.6. The summed E-state index contributed by atoms with van der Waals surface area (Å²) >= 11 is 0. The van der Waals surface area contributed by atoms with Crippen molar-refractivity contribution >= 4 is 18.1 Å². The van der Waals surface area contributed by atoms with E-state index in [0.29, 0.717) is 42.2 Å². The summed E-state index contributed by atoms with van der Waals surface area (Å²) in [5.74, 6) is 1.28. The van der Waals surface area contributed by atoms with Crippen LogP contribution in [0, 0.1) is 0 Å². The average Bonchev–Trinajstić information content (AvgIpc) is 3.47. The summed E-state index contributed by atoms with van der Waals surface area (Å²) in [6.45, 7) is 1.90. The summed E-state index contributed by atoms with van der Waals surface area (Å²) in [5.41, 5.74) is 3.11. The van der Waals surface area contributed by atoms with Gasteiger partial charge in [0.2, 0.25) is 5.91 Å². The molecule has 2 heterocycles. The summed E-state index contributed by atoms with van der Waals surface area (Å²) in [6.07, 6.45) is 5.05. The number of rotatable bonds is 8. The molecule has 8 nitrogen and oxygen atoms in total. The number of carbonyl (C=O) groups is 2. The van der Waals surface area contributed by atoms with E-state index in [2.05, 4.69) is 20.8 Å². The zero-order valence-corrected chi connectivity index (χ0v) is 19.6. The van der Waals surface area contributed by atoms with Crippen LogP contribution in [0.15, 0.2) is 85.2 Å². The smallest absolute Gasteiger partial charge is 0.298 e. The molecule has 0 saturated carbocycles. The highest BCUT2D eigenvalue weighted by Gasteiger charge is 2.41. The van der Waals surface area contributed by atoms with Gasteiger partial charge in [0.1, 0.15) is 5.75 Å². The topological polar surface area (TPSA) is 105 Å². The Hall–Kier alpha value is -4.43. The second-order valence-electron chi connectivity index (χ2n) is 8.64. The zero-order chi connectivity index (χ0) is 24.8. The van der Waals surface area contributed by atoms with Crippen LogP contribution < -0.4 is 20.1 Å². The standard InChI is InChI=1S/C28H26N4O4/c33-19-35-25-3-1-2-4-26(25)36-24-11-9-23(10-12-24)32-27(34)28(13-15-29-16-14-28)22-7-5-20(6-8-22)21-17-30-31-18-21/h1-12,17-19,29H,13-16H2,(H,30,31)(H,32,34). The van der Waals surface area contributed by atoms with Crippen molar-refractivity contribution in [1.82, 2.24) is 15.5 Å². The van der Waals surface area contributed by atoms with E-state index in [4.69, 9.17) is 9.47 Å². The first-order chi connectivity index (χ1) is 17.7. The number of amides is 1. The number of aromatic nitrogens is 2. The lowest BCUT2D eigenvalue weighted by Crippen LogP contribution is -2.48. The third-order valence-corrected chi connectivity index (χ3v) is 6.53. The molecule has 4 aromatic rings. The van der Waals surface area contributed by atoms with Crippen molar-refractivity contribution in [2.75, 3.05) is 18.4 Å². The van der Waals surface area contributed by atoms with Crippen LogP contribution in [0.2, 0.25) is 0 Å². The molecule has 1 fully saturated rings. The largest absolute Gasteiger partial charge is 0.453 e. The van der Waals surface area contributed by atoms with Crippen molar-refractivity contribution in [2.24, 2.45) is 0 Å². The van der Waals surface area contributed by atoms with E-state index in [1.807, 2.05) is 30.5 Å². The number of ether oxygens (including phenoxy) is 2. The molecule has 3 aromatic carbocycles. The number of anilines is 1. The van der Waals surface area contributed by atoms with E-state index in [1.54, 1.807) is 54.7 Å². The van der Waals surface area contributed by atoms with Crippen LogP contribution >= 0.6 is 0 Å². The van der Waals surface area contributed by atoms with Crippen LogP contribution in [0.4, 0.5) is 5.69 Å². The fourth-order valence-corrected chi connectivity index (χ4v) is 4.56. The van der Waals surface area contributed by atoms with E-state index < -0.39 is 5.41 Å². The predicted octanol–water partition coefficient (Wildman–Crippen LogP) is 4.66. The molecule has 1 aliphatic rings. The van der Waals surface area contributed by atoms with Crippen molar-refractivity contribution in [1.29, 1.82) is 0 Å². The number of para-hydroxylation sites is 2. The number of aromatic amines is 1. The van der Waals surface area contributed by atoms with Gasteiger partial charge < -0.3 is 20.1 Å². The van der Waals surface area contributed by atoms with Crippen molar-refractivity contribution in [2.45, 2.75) is 18.3 Å². The number of hydrogen-bond donors (Lipinski definition) is 3. The highest BCUT2D eigenvalue weighted by Crippen LogP contribution is 2.37. The van der Waals surface area contributed by atoms with E-state index in [9.17, 15) is 9.59 Å². The average molecular weight is 483 g/mol. The molecule has 1 aromatic heterocycles. The molecular formula is C28H26N4O4. The number of nitrogens with zero attached hydrogens (tertiary/aromatic N) is 1. The molecule has 3 N–H and O–H groups in total. The van der Waals surface area contributed by atoms with Gasteiger partial charge in [-0.25, -0.2) is 0 Å². The molecule has 0 atom stereocenters. The van der Waals surface area contributed by atoms with Crippen LogP contribution in [-0.4, -0.2) is 35.7 Å². The van der Waals surface area contributed by atoms with Gasteiger partial charge in [-0.3, -0.25) is 14.7 Å². The Bertz CT molecular complexity index is 1310. The second kappa shape index (κ2) is 10.5. The monoisotopic (exact) mass is 482 g/mol. The molecule has 1 aliphatic heterocycles. The van der Waals surface area contributed by atoms with Crippen molar-refractivity contribution in [3.05, 3.63) is 90.8 Å². The molecule has 0 radical (unpaired) electrons. The zero-order valence-electron chi connectivity index (χ0n) is 19.6. The predicted molar refractivity (Wildman–Crippen MR) is 136 cm³/mol. The van der Waals surface area contributed by atoms with E-state index in [0.717, 1.165) is 29.8 Å². The van der Waals surface area contributed by atoms with Crippen molar-refractivity contribution in [3.63, 3.8) is 0 Å². The summed E-state index contributed by atoms with van der Waals surface area (Å²) < 4.78 is 10.8. The maximum absolute atomic E-state index is 13.7. The molecule has 182 valence electrons. The molecule has 1 saturated heterocycles. The lowest BCUT2D eigenvalue weighted by molar-refractivity contribution is -0.122. The lowest BCUT2D eigenvalue weighted by Gasteiger charge is -2.37. The Morgan fingerprint density at radius 2 is 1.64 bits per heavy atom. The van der Waals surface area contributed by atoms with Crippen molar-refractivity contribution in [3.8, 4) is 28.4 Å². The maximum Gasteiger partial charge on any atom is 0.298 e. The molecule has 0 unspecified atom stereocenters. The van der Waals surface area contributed by atoms with Gasteiger partial charge in [0.15, 0.2) is 11.5 Å². The van der Waals surface area contributed by atoms with Crippen LogP contribution in [0.25, 0.3) is 11.1 Å². The summed E-state index contributed by atoms with van der Waals surface area (Å²) in [7, 11) is 0. The highest BCUT2D eigenvalue weighted by molar-refractivity contribution is 5.99. The van der Waals surface area contributed by atoms with Gasteiger partial charge >= 0.3 is 0 Å². The molecule has 0 aliphatic carbocycles. The minimum Gasteiger partial charge on any atom is -0.453 e. The molecule has 0 spiro atoms. The third kappa shape index (κ3) is 4.85. The molecule has 5 rings (SSSR count). The van der Waals surface area contributed by atoms with E-state index in [1.165, 1.54) is 0 Å². The first-order valence-corrected chi connectivity index (χ1v) is 11.8. The Balaban J connectivity index is 1.33. The van der Waals surface area contributed by atoms with Crippen LogP contribution in [0.1, 0.15) is 18.4 Å². The number of benzene rings is 3. The first kappa shape index (κ1) is 23.3. The Labute approximate surface area is 208 Å². The van der Waals surface area contributed by atoms with E-state index in [-0.39, 0.29) is 5.91 Å². The van der Waals surface area contributed by atoms with E-state index >= 15 is 0 Å². The molecule has 8 heteroatoms. The van der Waals surface area contributed by atoms with Gasteiger partial charge in [-0.05, 0) is 73.5 Å². The number of nitrogens with one attached hydrogen (secondary N) is 3. The van der Waals surface area contributed by atoms with Crippen LogP contribution in [-0.2, 0) is 15.0 Å². The van der Waals surface area contributed by atoms with Crippen molar-refractivity contribution < 1.29 is 19.1 Å². The Kier molecular flexibility index (Phi) is 6.77. The summed E-state index contributed by atoms with van der Waals surface area (Å²) in [5, 5.41) is 13.3. The number of hydrogen-bond acceptors (Lipinski definition) is 6. The van der Waals surface area contributed by atoms with Gasteiger partial charge in [0, 0.05) is 17.4 Å². The minimum absolute atomic E-state index is 0.0292. The molecular weight excluding hydrogens is 456 g/mol. The van der Waals surface area contributed by atoms with Gasteiger partial charge in [-0.1, -0.05) is 36.4 Å². The molecule has 0 bridgehead atoms. The third-order valence-electron chi connectivity index (χ3n) is 6.53. The molecule has 36 heavy (non-hydrogen) atoms. The number of piperidine rings is 1. The first-order valence-electron chi connectivity index (χ1n) is 11.8. The quantitative estimate of drug-likeness (QED) is 0.316. The molecule has 1 amide bonds. The maximum atomic E-state index is 13.7. The number of carbonyl (C=O) groups excluding carboxylic acids is 2. The van der Waals surface area contributed by atoms with Gasteiger partial charge in [0.05, 0.1) is 11.6 Å². The lowest BCUT2D eigenvalue weighted by atomic mass is 9.72. The number of H-pyrrole nitrogens is 1. The summed E-state index contributed by atoms with van der Waals surface area (Å²) in [4.78, 5) is 24.4. The van der Waals surface area contributed by atoms with Gasteiger partial charge in [-0.15, -0.1) is 0 Å². The Morgan fingerprint density at radius 1 is 0.917 bits per heavy atom. The highest BCUT2D eigenvalue weighted by atomic mass is 16.5.